The van der Waals surface area contributed by atoms with Crippen LogP contribution in [0.4, 0.5) is 11.8 Å². The lowest BCUT2D eigenvalue weighted by atomic mass is 10.2. The molecule has 14 heteroatoms. The molecule has 0 radical (unpaired) electrons. The van der Waals surface area contributed by atoms with Gasteiger partial charge in [0.1, 0.15) is 10.7 Å². The van der Waals surface area contributed by atoms with Crippen LogP contribution in [0.5, 0.6) is 0 Å². The molecule has 2 N–H and O–H groups in total. The first-order valence-electron chi connectivity index (χ1n) is 11.5. The van der Waals surface area contributed by atoms with Crippen LogP contribution in [0.3, 0.4) is 0 Å². The number of halogens is 2. The van der Waals surface area contributed by atoms with Crippen LogP contribution in [-0.2, 0) is 20.0 Å². The van der Waals surface area contributed by atoms with Crippen LogP contribution in [0.25, 0.3) is 0 Å². The van der Waals surface area contributed by atoms with E-state index in [-0.39, 0.29) is 20.8 Å². The number of benzene rings is 2. The summed E-state index contributed by atoms with van der Waals surface area (Å²) in [4.78, 5) is 10.0. The molecule has 1 aliphatic rings. The fourth-order valence-electron chi connectivity index (χ4n) is 3.72. The second-order valence-corrected chi connectivity index (χ2v) is 13.7. The molecule has 0 atom stereocenters. The number of sulfonamides is 2. The van der Waals surface area contributed by atoms with Gasteiger partial charge >= 0.3 is 0 Å². The van der Waals surface area contributed by atoms with Crippen LogP contribution >= 0.6 is 35.0 Å². The third-order valence-electron chi connectivity index (χ3n) is 5.51. The van der Waals surface area contributed by atoms with Gasteiger partial charge in [0, 0.05) is 35.7 Å². The van der Waals surface area contributed by atoms with Gasteiger partial charge in [-0.25, -0.2) is 26.5 Å². The van der Waals surface area contributed by atoms with Crippen molar-refractivity contribution in [1.82, 2.24) is 14.3 Å². The van der Waals surface area contributed by atoms with Gasteiger partial charge in [0.25, 0.3) is 10.0 Å². The van der Waals surface area contributed by atoms with Crippen molar-refractivity contribution < 1.29 is 16.8 Å². The van der Waals surface area contributed by atoms with E-state index < -0.39 is 20.0 Å². The van der Waals surface area contributed by atoms with E-state index in [4.69, 9.17) is 23.2 Å². The van der Waals surface area contributed by atoms with Gasteiger partial charge in [0.05, 0.1) is 14.8 Å². The van der Waals surface area contributed by atoms with Gasteiger partial charge in [-0.2, -0.15) is 9.29 Å². The molecule has 0 aliphatic carbocycles. The molecule has 9 nitrogen and oxygen atoms in total. The Morgan fingerprint density at radius 1 is 1.00 bits per heavy atom. The maximum Gasteiger partial charge on any atom is 0.265 e. The van der Waals surface area contributed by atoms with Crippen molar-refractivity contribution >= 4 is 66.8 Å². The Hall–Kier alpha value is -2.09. The van der Waals surface area contributed by atoms with E-state index in [1.54, 1.807) is 24.3 Å². The monoisotopic (exact) mass is 601 g/mol. The van der Waals surface area contributed by atoms with Crippen molar-refractivity contribution in [1.29, 1.82) is 0 Å². The second-order valence-electron chi connectivity index (χ2n) is 8.16. The summed E-state index contributed by atoms with van der Waals surface area (Å²) in [6.07, 6.45) is 4.29. The third-order valence-corrected chi connectivity index (χ3v) is 10.5. The average Bonchev–Trinajstić information content (AvgIpc) is 2.86. The van der Waals surface area contributed by atoms with Crippen LogP contribution in [0.1, 0.15) is 26.2 Å². The number of hydrogen-bond donors (Lipinski definition) is 2. The Balaban J connectivity index is 1.53. The van der Waals surface area contributed by atoms with Crippen molar-refractivity contribution in [2.24, 2.45) is 0 Å². The summed E-state index contributed by atoms with van der Waals surface area (Å²) in [5.41, 5.74) is 0. The molecular formula is C23H25Cl2N5O4S3. The largest absolute Gasteiger partial charge is 0.369 e. The second kappa shape index (κ2) is 11.7. The van der Waals surface area contributed by atoms with Gasteiger partial charge in [-0.05, 0) is 62.2 Å². The molecule has 198 valence electrons. The summed E-state index contributed by atoms with van der Waals surface area (Å²) in [7, 11) is -7.57. The molecule has 0 bridgehead atoms. The Bertz CT molecular complexity index is 1480. The highest BCUT2D eigenvalue weighted by Crippen LogP contribution is 2.34. The lowest BCUT2D eigenvalue weighted by Crippen LogP contribution is -2.35. The molecule has 0 saturated carbocycles. The molecule has 0 amide bonds. The lowest BCUT2D eigenvalue weighted by Gasteiger charge is -2.25. The zero-order valence-corrected chi connectivity index (χ0v) is 23.8. The normalized spacial score (nSPS) is 14.9. The molecule has 3 aromatic rings. The van der Waals surface area contributed by atoms with Crippen LogP contribution < -0.4 is 10.0 Å². The number of anilines is 2. The topological polar surface area (TPSA) is 121 Å². The van der Waals surface area contributed by atoms with Crippen molar-refractivity contribution in [3.8, 4) is 0 Å². The molecule has 4 rings (SSSR count). The third kappa shape index (κ3) is 6.68. The van der Waals surface area contributed by atoms with E-state index in [0.717, 1.165) is 24.2 Å². The quantitative estimate of drug-likeness (QED) is 0.337. The van der Waals surface area contributed by atoms with E-state index in [2.05, 4.69) is 20.0 Å². The number of aromatic nitrogens is 2. The van der Waals surface area contributed by atoms with E-state index in [0.29, 0.717) is 35.4 Å². The smallest absolute Gasteiger partial charge is 0.265 e. The first kappa shape index (κ1) is 27.9. The maximum atomic E-state index is 12.9. The number of hydrogen-bond acceptors (Lipinski definition) is 8. The van der Waals surface area contributed by atoms with Crippen molar-refractivity contribution in [3.63, 3.8) is 0 Å². The summed E-state index contributed by atoms with van der Waals surface area (Å²) >= 11 is 13.3. The van der Waals surface area contributed by atoms with E-state index in [9.17, 15) is 16.8 Å². The predicted octanol–water partition coefficient (Wildman–Crippen LogP) is 5.34. The Morgan fingerprint density at radius 2 is 1.70 bits per heavy atom. The summed E-state index contributed by atoms with van der Waals surface area (Å²) in [6, 6.07) is 10.7. The molecule has 1 saturated heterocycles. The van der Waals surface area contributed by atoms with Gasteiger partial charge in [-0.1, -0.05) is 41.4 Å². The summed E-state index contributed by atoms with van der Waals surface area (Å²) in [5, 5.41) is 3.40. The van der Waals surface area contributed by atoms with Gasteiger partial charge < -0.3 is 5.32 Å². The Labute approximate surface area is 231 Å². The van der Waals surface area contributed by atoms with E-state index in [1.807, 2.05) is 6.92 Å². The van der Waals surface area contributed by atoms with Crippen LogP contribution in [-0.4, -0.2) is 50.7 Å². The van der Waals surface area contributed by atoms with Gasteiger partial charge in [0.2, 0.25) is 16.0 Å². The highest BCUT2D eigenvalue weighted by Gasteiger charge is 2.26. The summed E-state index contributed by atoms with van der Waals surface area (Å²) in [5.74, 6) is 0.293. The summed E-state index contributed by atoms with van der Waals surface area (Å²) in [6.45, 7) is 3.51. The Kier molecular flexibility index (Phi) is 8.87. The van der Waals surface area contributed by atoms with Crippen molar-refractivity contribution in [3.05, 3.63) is 58.7 Å². The number of nitrogens with one attached hydrogen (secondary N) is 2. The molecule has 1 aliphatic heterocycles. The van der Waals surface area contributed by atoms with E-state index in [1.165, 1.54) is 40.5 Å². The van der Waals surface area contributed by atoms with Crippen LogP contribution in [0.2, 0.25) is 10.0 Å². The highest BCUT2D eigenvalue weighted by molar-refractivity contribution is 7.99. The maximum absolute atomic E-state index is 12.9. The van der Waals surface area contributed by atoms with Crippen molar-refractivity contribution in [2.75, 3.05) is 29.7 Å². The standard InChI is InChI=1S/C23H25Cl2N5O4S3/c1-2-26-22-20(15-27-23(28-22)29-36(31,32)21-11-6-16(24)14-19(21)25)35-17-7-9-18(10-8-17)37(33,34)30-12-4-3-5-13-30/h6-11,14-15H,2-5,12-13H2,1H3,(H2,26,27,28,29). The Morgan fingerprint density at radius 3 is 2.35 bits per heavy atom. The molecular weight excluding hydrogens is 577 g/mol. The number of nitrogens with zero attached hydrogens (tertiary/aromatic N) is 3. The van der Waals surface area contributed by atoms with Crippen LogP contribution in [0.15, 0.2) is 68.2 Å². The molecule has 2 aromatic carbocycles. The molecule has 2 heterocycles. The molecule has 1 aromatic heterocycles. The van der Waals surface area contributed by atoms with Gasteiger partial charge in [0.15, 0.2) is 0 Å². The zero-order valence-electron chi connectivity index (χ0n) is 19.8. The number of rotatable bonds is 9. The van der Waals surface area contributed by atoms with Crippen LogP contribution in [0, 0.1) is 0 Å². The highest BCUT2D eigenvalue weighted by atomic mass is 35.5. The SMILES string of the molecule is CCNc1nc(NS(=O)(=O)c2ccc(Cl)cc2Cl)ncc1Sc1ccc(S(=O)(=O)N2CCCCC2)cc1. The predicted molar refractivity (Wildman–Crippen MR) is 147 cm³/mol. The molecule has 1 fully saturated rings. The average molecular weight is 603 g/mol. The minimum absolute atomic E-state index is 0.0233. The van der Waals surface area contributed by atoms with Gasteiger partial charge in [-0.3, -0.25) is 0 Å². The minimum atomic E-state index is -4.05. The zero-order chi connectivity index (χ0) is 26.6. The fraction of sp³-hybridized carbons (Fsp3) is 0.304. The fourth-order valence-corrected chi connectivity index (χ4v) is 7.81. The van der Waals surface area contributed by atoms with Crippen molar-refractivity contribution in [2.45, 2.75) is 45.8 Å². The van der Waals surface area contributed by atoms with Gasteiger partial charge in [-0.15, -0.1) is 0 Å². The van der Waals surface area contributed by atoms with E-state index >= 15 is 0 Å². The number of piperidine rings is 1. The molecule has 0 unspecified atom stereocenters. The molecule has 0 spiro atoms. The summed E-state index contributed by atoms with van der Waals surface area (Å²) < 4.78 is 55.3. The minimum Gasteiger partial charge on any atom is -0.369 e. The molecule has 37 heavy (non-hydrogen) atoms. The lowest BCUT2D eigenvalue weighted by molar-refractivity contribution is 0.346. The first-order chi connectivity index (χ1) is 17.6. The first-order valence-corrected chi connectivity index (χ1v) is 16.0.